The first-order valence-corrected chi connectivity index (χ1v) is 11.3. The van der Waals surface area contributed by atoms with E-state index in [0.717, 1.165) is 39.4 Å². The number of rotatable bonds is 4. The second-order valence-corrected chi connectivity index (χ2v) is 10.1. The fourth-order valence-electron chi connectivity index (χ4n) is 4.21. The van der Waals surface area contributed by atoms with Crippen LogP contribution in [0, 0.1) is 13.8 Å². The molecule has 2 fully saturated rings. The van der Waals surface area contributed by atoms with Crippen molar-refractivity contribution in [1.29, 1.82) is 0 Å². The van der Waals surface area contributed by atoms with Crippen LogP contribution in [0.25, 0.3) is 10.2 Å². The topological polar surface area (TPSA) is 122 Å². The van der Waals surface area contributed by atoms with Crippen LogP contribution in [0.3, 0.4) is 0 Å². The van der Waals surface area contributed by atoms with Gasteiger partial charge in [-0.1, -0.05) is 0 Å². The summed E-state index contributed by atoms with van der Waals surface area (Å²) in [6.07, 6.45) is 2.12. The molecule has 0 bridgehead atoms. The number of β-amino-alcohol motifs (C(OH)–C–C–N with tert-alkyl or cyclic N) is 1. The molecule has 32 heavy (non-hydrogen) atoms. The minimum atomic E-state index is -1.17. The molecule has 1 saturated heterocycles. The average Bonchev–Trinajstić information content (AvgIpc) is 3.30. The quantitative estimate of drug-likeness (QED) is 0.604. The lowest BCUT2D eigenvalue weighted by atomic mass is 10.0. The number of aliphatic hydroxyl groups is 1. The Morgan fingerprint density at radius 3 is 2.62 bits per heavy atom. The summed E-state index contributed by atoms with van der Waals surface area (Å²) in [5.41, 5.74) is 0.833. The van der Waals surface area contributed by atoms with Crippen LogP contribution in [-0.4, -0.2) is 54.2 Å². The summed E-state index contributed by atoms with van der Waals surface area (Å²) < 4.78 is 2.72. The molecule has 2 aliphatic rings. The Morgan fingerprint density at radius 2 is 2.06 bits per heavy atom. The number of hydrogen-bond donors (Lipinski definition) is 2. The van der Waals surface area contributed by atoms with Crippen LogP contribution in [0.4, 0.5) is 0 Å². The van der Waals surface area contributed by atoms with Crippen molar-refractivity contribution in [3.8, 4) is 0 Å². The highest BCUT2D eigenvalue weighted by molar-refractivity contribution is 7.19. The maximum absolute atomic E-state index is 13.6. The molecule has 1 amide bonds. The number of aromatic nitrogens is 4. The lowest BCUT2D eigenvalue weighted by Crippen LogP contribution is -2.39. The molecule has 1 aliphatic carbocycles. The molecule has 1 aliphatic heterocycles. The summed E-state index contributed by atoms with van der Waals surface area (Å²) in [5, 5.41) is 18.8. The summed E-state index contributed by atoms with van der Waals surface area (Å²) in [7, 11) is 1.44. The van der Waals surface area contributed by atoms with E-state index in [9.17, 15) is 19.5 Å². The summed E-state index contributed by atoms with van der Waals surface area (Å²) in [6, 6.07) is 0.0346. The number of aryl methyl sites for hydroxylation is 2. The number of carbonyl (C=O) groups excluding carboxylic acids is 1. The average molecular weight is 460 g/mol. The number of fused-ring (bicyclic) bond motifs is 1. The van der Waals surface area contributed by atoms with E-state index in [1.54, 1.807) is 11.5 Å². The summed E-state index contributed by atoms with van der Waals surface area (Å²) in [5.74, 6) is -0.485. The van der Waals surface area contributed by atoms with Gasteiger partial charge >= 0.3 is 5.69 Å². The van der Waals surface area contributed by atoms with Crippen LogP contribution in [0.5, 0.6) is 0 Å². The zero-order valence-electron chi connectivity index (χ0n) is 18.4. The van der Waals surface area contributed by atoms with Gasteiger partial charge in [0.1, 0.15) is 17.0 Å². The van der Waals surface area contributed by atoms with E-state index in [-0.39, 0.29) is 35.8 Å². The minimum Gasteiger partial charge on any atom is -0.386 e. The normalized spacial score (nSPS) is 21.1. The van der Waals surface area contributed by atoms with Gasteiger partial charge in [0.2, 0.25) is 0 Å². The molecule has 1 atom stereocenters. The van der Waals surface area contributed by atoms with E-state index in [2.05, 4.69) is 10.2 Å². The van der Waals surface area contributed by atoms with Gasteiger partial charge in [0.05, 0.1) is 23.2 Å². The van der Waals surface area contributed by atoms with Gasteiger partial charge < -0.3 is 5.11 Å². The fourth-order valence-corrected chi connectivity index (χ4v) is 5.57. The largest absolute Gasteiger partial charge is 0.386 e. The van der Waals surface area contributed by atoms with Crippen molar-refractivity contribution in [3.63, 3.8) is 0 Å². The first-order valence-electron chi connectivity index (χ1n) is 10.5. The van der Waals surface area contributed by atoms with E-state index < -0.39 is 17.1 Å². The van der Waals surface area contributed by atoms with Crippen LogP contribution in [0.2, 0.25) is 0 Å². The summed E-state index contributed by atoms with van der Waals surface area (Å²) in [4.78, 5) is 46.4. The molecule has 0 spiro atoms. The number of hydrogen-bond acceptors (Lipinski definition) is 7. The van der Waals surface area contributed by atoms with Crippen molar-refractivity contribution < 1.29 is 14.7 Å². The van der Waals surface area contributed by atoms with Gasteiger partial charge in [-0.2, -0.15) is 5.10 Å². The molecule has 11 heteroatoms. The van der Waals surface area contributed by atoms with Crippen molar-refractivity contribution in [2.24, 2.45) is 7.05 Å². The standard InChI is InChI=1S/C21H25N5O5S/c1-10-13(11(2)23-22-10)7-14-15(18(28)25-8-21(3,30)9-31-25)16-17(27)24(4)20(29)26(12-5-6-12)19(16)32-14/h12,30H,5-9H2,1-4H3,(H,22,23)/t21-/m0/s1. The summed E-state index contributed by atoms with van der Waals surface area (Å²) >= 11 is 1.30. The molecular weight excluding hydrogens is 434 g/mol. The highest BCUT2D eigenvalue weighted by Crippen LogP contribution is 2.40. The second kappa shape index (κ2) is 7.12. The molecule has 4 heterocycles. The van der Waals surface area contributed by atoms with Crippen molar-refractivity contribution in [2.75, 3.05) is 13.2 Å². The zero-order chi connectivity index (χ0) is 22.9. The van der Waals surface area contributed by atoms with Crippen LogP contribution < -0.4 is 11.2 Å². The SMILES string of the molecule is Cc1n[nH]c(C)c1Cc1sc2c(c1C(=O)N1C[C@](C)(O)CO1)c(=O)n(C)c(=O)n2C1CC1. The van der Waals surface area contributed by atoms with Crippen LogP contribution in [0.15, 0.2) is 9.59 Å². The molecule has 1 saturated carbocycles. The van der Waals surface area contributed by atoms with Crippen molar-refractivity contribution in [2.45, 2.75) is 51.7 Å². The van der Waals surface area contributed by atoms with Gasteiger partial charge in [-0.15, -0.1) is 11.3 Å². The highest BCUT2D eigenvalue weighted by Gasteiger charge is 2.39. The first-order chi connectivity index (χ1) is 15.1. The Morgan fingerprint density at radius 1 is 1.34 bits per heavy atom. The molecule has 3 aromatic rings. The first kappa shape index (κ1) is 21.1. The third kappa shape index (κ3) is 3.23. The summed E-state index contributed by atoms with van der Waals surface area (Å²) in [6.45, 7) is 5.36. The smallest absolute Gasteiger partial charge is 0.332 e. The number of thiophene rings is 1. The van der Waals surface area contributed by atoms with Crippen LogP contribution in [-0.2, 0) is 18.3 Å². The van der Waals surface area contributed by atoms with Gasteiger partial charge in [-0.05, 0) is 33.6 Å². The van der Waals surface area contributed by atoms with Crippen LogP contribution in [0.1, 0.15) is 58.0 Å². The lowest BCUT2D eigenvalue weighted by molar-refractivity contribution is -0.0796. The lowest BCUT2D eigenvalue weighted by Gasteiger charge is -2.16. The molecule has 5 rings (SSSR count). The molecule has 3 aromatic heterocycles. The maximum atomic E-state index is 13.6. The number of carbonyl (C=O) groups is 1. The third-order valence-electron chi connectivity index (χ3n) is 6.18. The molecule has 0 radical (unpaired) electrons. The van der Waals surface area contributed by atoms with Crippen molar-refractivity contribution >= 4 is 27.5 Å². The third-order valence-corrected chi connectivity index (χ3v) is 7.37. The molecule has 10 nitrogen and oxygen atoms in total. The van der Waals surface area contributed by atoms with E-state index in [1.807, 2.05) is 13.8 Å². The zero-order valence-corrected chi connectivity index (χ0v) is 19.2. The fraction of sp³-hybridized carbons (Fsp3) is 0.524. The number of nitrogens with one attached hydrogen (secondary N) is 1. The number of hydroxylamine groups is 2. The van der Waals surface area contributed by atoms with Crippen molar-refractivity contribution in [1.82, 2.24) is 24.4 Å². The predicted octanol–water partition coefficient (Wildman–Crippen LogP) is 1.17. The maximum Gasteiger partial charge on any atom is 0.332 e. The number of amides is 1. The van der Waals surface area contributed by atoms with E-state index in [4.69, 9.17) is 4.84 Å². The van der Waals surface area contributed by atoms with Gasteiger partial charge in [-0.3, -0.25) is 28.7 Å². The highest BCUT2D eigenvalue weighted by atomic mass is 32.1. The Labute approximate surface area is 187 Å². The molecule has 170 valence electrons. The second-order valence-electron chi connectivity index (χ2n) is 9.03. The van der Waals surface area contributed by atoms with E-state index in [1.165, 1.54) is 18.4 Å². The number of H-pyrrole nitrogens is 1. The van der Waals surface area contributed by atoms with Gasteiger partial charge in [0, 0.05) is 35.6 Å². The molecule has 2 N–H and O–H groups in total. The van der Waals surface area contributed by atoms with E-state index in [0.29, 0.717) is 16.1 Å². The van der Waals surface area contributed by atoms with Crippen LogP contribution >= 0.6 is 11.3 Å². The minimum absolute atomic E-state index is 0.00500. The predicted molar refractivity (Wildman–Crippen MR) is 118 cm³/mol. The Bertz CT molecular complexity index is 1350. The Hall–Kier alpha value is -2.76. The van der Waals surface area contributed by atoms with E-state index >= 15 is 0 Å². The van der Waals surface area contributed by atoms with Gasteiger partial charge in [0.15, 0.2) is 0 Å². The number of aromatic amines is 1. The van der Waals surface area contributed by atoms with Gasteiger partial charge in [-0.25, -0.2) is 9.86 Å². The molecular formula is C21H25N5O5S. The molecule has 0 unspecified atom stereocenters. The Balaban J connectivity index is 1.76. The number of nitrogens with zero attached hydrogens (tertiary/aromatic N) is 4. The molecule has 0 aromatic carbocycles. The Kier molecular flexibility index (Phi) is 4.70. The van der Waals surface area contributed by atoms with Gasteiger partial charge in [0.25, 0.3) is 11.5 Å². The van der Waals surface area contributed by atoms with Crippen molar-refractivity contribution in [3.05, 3.63) is 48.2 Å². The monoisotopic (exact) mass is 459 g/mol.